The van der Waals surface area contributed by atoms with Gasteiger partial charge >= 0.3 is 0 Å². The Morgan fingerprint density at radius 2 is 1.96 bits per heavy atom. The maximum atomic E-state index is 12.7. The van der Waals surface area contributed by atoms with Crippen LogP contribution in [0.2, 0.25) is 5.02 Å². The third-order valence-corrected chi connectivity index (χ3v) is 6.73. The second-order valence-electron chi connectivity index (χ2n) is 6.57. The van der Waals surface area contributed by atoms with E-state index in [-0.39, 0.29) is 17.0 Å². The summed E-state index contributed by atoms with van der Waals surface area (Å²) >= 11 is 6.05. The number of ether oxygens (including phenoxy) is 1. The van der Waals surface area contributed by atoms with Gasteiger partial charge in [-0.05, 0) is 56.4 Å². The van der Waals surface area contributed by atoms with E-state index in [1.807, 2.05) is 6.07 Å². The molecule has 1 saturated carbocycles. The average Bonchev–Trinajstić information content (AvgIpc) is 2.66. The Morgan fingerprint density at radius 1 is 1.22 bits per heavy atom. The first-order valence-electron chi connectivity index (χ1n) is 8.69. The van der Waals surface area contributed by atoms with Crippen molar-refractivity contribution in [2.24, 2.45) is 0 Å². The van der Waals surface area contributed by atoms with Crippen LogP contribution in [0.3, 0.4) is 0 Å². The topological polar surface area (TPSA) is 92.1 Å². The van der Waals surface area contributed by atoms with Crippen molar-refractivity contribution < 1.29 is 13.2 Å². The van der Waals surface area contributed by atoms with E-state index in [9.17, 15) is 8.42 Å². The Bertz CT molecular complexity index is 947. The third-order valence-electron chi connectivity index (χ3n) is 4.66. The number of halogens is 1. The van der Waals surface area contributed by atoms with Gasteiger partial charge in [-0.3, -0.25) is 0 Å². The van der Waals surface area contributed by atoms with Crippen LogP contribution in [0.5, 0.6) is 5.88 Å². The zero-order chi connectivity index (χ0) is 19.4. The maximum absolute atomic E-state index is 12.7. The van der Waals surface area contributed by atoms with Crippen molar-refractivity contribution in [3.63, 3.8) is 0 Å². The van der Waals surface area contributed by atoms with E-state index in [2.05, 4.69) is 9.71 Å². The molecule has 1 fully saturated rings. The number of nitriles is 1. The van der Waals surface area contributed by atoms with Crippen LogP contribution in [0.15, 0.2) is 41.4 Å². The summed E-state index contributed by atoms with van der Waals surface area (Å²) in [5.41, 5.74) is 1.03. The zero-order valence-corrected chi connectivity index (χ0v) is 16.4. The van der Waals surface area contributed by atoms with Gasteiger partial charge in [0.2, 0.25) is 15.9 Å². The molecule has 0 unspecified atom stereocenters. The van der Waals surface area contributed by atoms with E-state index in [1.165, 1.54) is 6.20 Å². The predicted octanol–water partition coefficient (Wildman–Crippen LogP) is 3.58. The van der Waals surface area contributed by atoms with Crippen molar-refractivity contribution in [1.82, 2.24) is 9.71 Å². The normalized spacial score (nSPS) is 20.0. The average molecular weight is 406 g/mol. The van der Waals surface area contributed by atoms with Crippen LogP contribution in [0.25, 0.3) is 0 Å². The van der Waals surface area contributed by atoms with Crippen LogP contribution in [0.4, 0.5) is 0 Å². The van der Waals surface area contributed by atoms with Gasteiger partial charge in [-0.1, -0.05) is 17.7 Å². The Balaban J connectivity index is 1.57. The molecule has 8 heteroatoms. The van der Waals surface area contributed by atoms with Crippen LogP contribution >= 0.6 is 11.6 Å². The fourth-order valence-electron chi connectivity index (χ4n) is 3.15. The van der Waals surface area contributed by atoms with E-state index in [1.54, 1.807) is 37.3 Å². The first-order chi connectivity index (χ1) is 12.9. The van der Waals surface area contributed by atoms with Crippen molar-refractivity contribution in [2.75, 3.05) is 0 Å². The van der Waals surface area contributed by atoms with Gasteiger partial charge in [-0.25, -0.2) is 18.1 Å². The molecule has 1 N–H and O–H groups in total. The summed E-state index contributed by atoms with van der Waals surface area (Å²) < 4.78 is 34.0. The van der Waals surface area contributed by atoms with Crippen molar-refractivity contribution in [3.05, 3.63) is 52.7 Å². The molecule has 2 aromatic rings. The Labute approximate surface area is 164 Å². The first kappa shape index (κ1) is 19.6. The standard InChI is InChI=1S/C19H20ClN3O3S/c1-13-17(20)3-2-4-18(13)27(24,25)23-15-6-8-16(9-7-15)26-19-10-5-14(11-21)12-22-19/h2-5,10,12,15-16,23H,6-9H2,1H3. The minimum atomic E-state index is -3.62. The molecule has 0 saturated heterocycles. The number of benzene rings is 1. The van der Waals surface area contributed by atoms with Crippen molar-refractivity contribution in [2.45, 2.75) is 49.6 Å². The van der Waals surface area contributed by atoms with Crippen LogP contribution in [-0.2, 0) is 10.0 Å². The summed E-state index contributed by atoms with van der Waals surface area (Å²) in [6, 6.07) is 10.1. The minimum absolute atomic E-state index is 0.0147. The molecule has 1 aliphatic rings. The van der Waals surface area contributed by atoms with E-state index in [0.29, 0.717) is 34.9 Å². The molecule has 3 rings (SSSR count). The van der Waals surface area contributed by atoms with Crippen molar-refractivity contribution in [3.8, 4) is 11.9 Å². The van der Waals surface area contributed by atoms with Crippen LogP contribution in [0, 0.1) is 18.3 Å². The monoisotopic (exact) mass is 405 g/mol. The molecular formula is C19H20ClN3O3S. The van der Waals surface area contributed by atoms with Gasteiger partial charge in [0.25, 0.3) is 0 Å². The SMILES string of the molecule is Cc1c(Cl)cccc1S(=O)(=O)NC1CCC(Oc2ccc(C#N)cn2)CC1. The Hall–Kier alpha value is -2.14. The summed E-state index contributed by atoms with van der Waals surface area (Å²) in [6.07, 6.45) is 4.27. The number of nitrogens with one attached hydrogen (secondary N) is 1. The highest BCUT2D eigenvalue weighted by Gasteiger charge is 2.27. The molecule has 0 spiro atoms. The highest BCUT2D eigenvalue weighted by atomic mass is 35.5. The maximum Gasteiger partial charge on any atom is 0.241 e. The van der Waals surface area contributed by atoms with Crippen molar-refractivity contribution in [1.29, 1.82) is 5.26 Å². The lowest BCUT2D eigenvalue weighted by Crippen LogP contribution is -2.39. The molecule has 6 nitrogen and oxygen atoms in total. The van der Waals surface area contributed by atoms with E-state index in [4.69, 9.17) is 21.6 Å². The molecule has 0 radical (unpaired) electrons. The summed E-state index contributed by atoms with van der Waals surface area (Å²) in [7, 11) is -3.62. The van der Waals surface area contributed by atoms with Crippen LogP contribution in [-0.4, -0.2) is 25.5 Å². The molecular weight excluding hydrogens is 386 g/mol. The van der Waals surface area contributed by atoms with E-state index in [0.717, 1.165) is 12.8 Å². The molecule has 1 aromatic heterocycles. The quantitative estimate of drug-likeness (QED) is 0.820. The molecule has 1 aliphatic carbocycles. The molecule has 0 bridgehead atoms. The summed E-state index contributed by atoms with van der Waals surface area (Å²) in [5, 5.41) is 9.23. The van der Waals surface area contributed by atoms with E-state index < -0.39 is 10.0 Å². The Morgan fingerprint density at radius 3 is 2.59 bits per heavy atom. The zero-order valence-electron chi connectivity index (χ0n) is 14.9. The molecule has 0 aliphatic heterocycles. The molecule has 1 aromatic carbocycles. The van der Waals surface area contributed by atoms with Crippen LogP contribution < -0.4 is 9.46 Å². The summed E-state index contributed by atoms with van der Waals surface area (Å²) in [5.74, 6) is 0.479. The minimum Gasteiger partial charge on any atom is -0.474 e. The van der Waals surface area contributed by atoms with Crippen LogP contribution in [0.1, 0.15) is 36.8 Å². The Kier molecular flexibility index (Phi) is 6.00. The smallest absolute Gasteiger partial charge is 0.241 e. The van der Waals surface area contributed by atoms with E-state index >= 15 is 0 Å². The molecule has 27 heavy (non-hydrogen) atoms. The largest absolute Gasteiger partial charge is 0.474 e. The van der Waals surface area contributed by atoms with Crippen molar-refractivity contribution >= 4 is 21.6 Å². The summed E-state index contributed by atoms with van der Waals surface area (Å²) in [6.45, 7) is 1.70. The number of sulfonamides is 1. The van der Waals surface area contributed by atoms with Gasteiger partial charge in [0.05, 0.1) is 10.5 Å². The van der Waals surface area contributed by atoms with Gasteiger partial charge in [-0.15, -0.1) is 0 Å². The molecule has 1 heterocycles. The molecule has 0 atom stereocenters. The molecule has 0 amide bonds. The third kappa shape index (κ3) is 4.78. The van der Waals surface area contributed by atoms with Gasteiger partial charge in [0.15, 0.2) is 0 Å². The van der Waals surface area contributed by atoms with Gasteiger partial charge < -0.3 is 4.74 Å². The summed E-state index contributed by atoms with van der Waals surface area (Å²) in [4.78, 5) is 4.33. The highest BCUT2D eigenvalue weighted by Crippen LogP contribution is 2.26. The number of hydrogen-bond donors (Lipinski definition) is 1. The second-order valence-corrected chi connectivity index (χ2v) is 8.66. The number of nitrogens with zero attached hydrogens (tertiary/aromatic N) is 2. The van der Waals surface area contributed by atoms with Gasteiger partial charge in [-0.2, -0.15) is 5.26 Å². The molecule has 142 valence electrons. The highest BCUT2D eigenvalue weighted by molar-refractivity contribution is 7.89. The fourth-order valence-corrected chi connectivity index (χ4v) is 4.95. The van der Waals surface area contributed by atoms with Gasteiger partial charge in [0.1, 0.15) is 12.2 Å². The lowest BCUT2D eigenvalue weighted by molar-refractivity contribution is 0.138. The number of rotatable bonds is 5. The predicted molar refractivity (Wildman–Crippen MR) is 102 cm³/mol. The number of hydrogen-bond acceptors (Lipinski definition) is 5. The fraction of sp³-hybridized carbons (Fsp3) is 0.368. The number of aromatic nitrogens is 1. The first-order valence-corrected chi connectivity index (χ1v) is 10.6. The lowest BCUT2D eigenvalue weighted by atomic mass is 9.94. The van der Waals surface area contributed by atoms with Gasteiger partial charge in [0, 0.05) is 23.3 Å². The number of pyridine rings is 1. The second kappa shape index (κ2) is 8.26. The lowest BCUT2D eigenvalue weighted by Gasteiger charge is -2.29.